The molecule has 0 unspecified atom stereocenters. The van der Waals surface area contributed by atoms with Crippen molar-refractivity contribution in [1.82, 2.24) is 10.2 Å². The minimum absolute atomic E-state index is 0.0112. The first-order valence-electron chi connectivity index (χ1n) is 9.73. The Bertz CT molecular complexity index is 819. The van der Waals surface area contributed by atoms with Gasteiger partial charge >= 0.3 is 6.03 Å². The normalized spacial score (nSPS) is 13.1. The topological polar surface area (TPSA) is 61.4 Å². The fraction of sp³-hybridized carbons (Fsp3) is 0.364. The van der Waals surface area contributed by atoms with Gasteiger partial charge in [-0.1, -0.05) is 31.2 Å². The van der Waals surface area contributed by atoms with Gasteiger partial charge in [-0.2, -0.15) is 0 Å². The zero-order valence-corrected chi connectivity index (χ0v) is 16.1. The molecule has 28 heavy (non-hydrogen) atoms. The molecule has 2 N–H and O–H groups in total. The maximum atomic E-state index is 13.1. The summed E-state index contributed by atoms with van der Waals surface area (Å²) in [5, 5.41) is 5.82. The van der Waals surface area contributed by atoms with Gasteiger partial charge in [-0.05, 0) is 54.7 Å². The molecular formula is C22H26FN3O2. The number of benzene rings is 2. The lowest BCUT2D eigenvalue weighted by Crippen LogP contribution is -2.40. The van der Waals surface area contributed by atoms with E-state index in [1.54, 1.807) is 17.0 Å². The van der Waals surface area contributed by atoms with Crippen LogP contribution in [0, 0.1) is 5.82 Å². The summed E-state index contributed by atoms with van der Waals surface area (Å²) in [5.41, 5.74) is 2.56. The molecule has 1 aliphatic rings. The van der Waals surface area contributed by atoms with Gasteiger partial charge < -0.3 is 15.5 Å². The number of amides is 3. The molecule has 0 saturated heterocycles. The van der Waals surface area contributed by atoms with Crippen molar-refractivity contribution in [1.29, 1.82) is 0 Å². The van der Waals surface area contributed by atoms with Crippen LogP contribution in [-0.4, -0.2) is 22.9 Å². The molecule has 1 saturated carbocycles. The van der Waals surface area contributed by atoms with Gasteiger partial charge in [-0.25, -0.2) is 9.18 Å². The van der Waals surface area contributed by atoms with Gasteiger partial charge in [-0.3, -0.25) is 4.79 Å². The molecular weight excluding hydrogens is 357 g/mol. The van der Waals surface area contributed by atoms with Crippen molar-refractivity contribution >= 4 is 17.6 Å². The molecule has 0 bridgehead atoms. The van der Waals surface area contributed by atoms with E-state index in [1.807, 2.05) is 31.2 Å². The molecule has 6 heteroatoms. The van der Waals surface area contributed by atoms with Crippen molar-refractivity contribution in [2.24, 2.45) is 0 Å². The van der Waals surface area contributed by atoms with E-state index < -0.39 is 0 Å². The third kappa shape index (κ3) is 5.81. The van der Waals surface area contributed by atoms with Crippen molar-refractivity contribution in [2.75, 3.05) is 5.32 Å². The van der Waals surface area contributed by atoms with Crippen LogP contribution in [0.3, 0.4) is 0 Å². The van der Waals surface area contributed by atoms with Crippen molar-refractivity contribution in [3.63, 3.8) is 0 Å². The summed E-state index contributed by atoms with van der Waals surface area (Å²) in [7, 11) is 0. The second-order valence-electron chi connectivity index (χ2n) is 7.14. The number of halogens is 1. The van der Waals surface area contributed by atoms with Crippen LogP contribution in [0.1, 0.15) is 43.7 Å². The number of hydrogen-bond acceptors (Lipinski definition) is 2. The molecule has 1 fully saturated rings. The average Bonchev–Trinajstić information content (AvgIpc) is 3.51. The number of hydrogen-bond donors (Lipinski definition) is 2. The Hall–Kier alpha value is -2.89. The SMILES string of the molecule is CCCC(=O)Nc1cccc(CNC(=O)N(Cc2ccc(F)cc2)C2CC2)c1. The number of anilines is 1. The van der Waals surface area contributed by atoms with Crippen LogP contribution in [0.5, 0.6) is 0 Å². The third-order valence-electron chi connectivity index (χ3n) is 4.65. The van der Waals surface area contributed by atoms with Crippen molar-refractivity contribution in [3.05, 3.63) is 65.5 Å². The second-order valence-corrected chi connectivity index (χ2v) is 7.14. The number of rotatable bonds is 8. The van der Waals surface area contributed by atoms with Gasteiger partial charge in [0.25, 0.3) is 0 Å². The van der Waals surface area contributed by atoms with Crippen LogP contribution in [0.4, 0.5) is 14.9 Å². The Labute approximate surface area is 164 Å². The van der Waals surface area contributed by atoms with E-state index in [4.69, 9.17) is 0 Å². The quantitative estimate of drug-likeness (QED) is 0.708. The molecule has 0 aliphatic heterocycles. The standard InChI is InChI=1S/C22H26FN3O2/c1-2-4-21(27)25-19-6-3-5-17(13-19)14-24-22(28)26(20-11-12-20)15-16-7-9-18(23)10-8-16/h3,5-10,13,20H,2,4,11-12,14-15H2,1H3,(H,24,28)(H,25,27). The number of nitrogens with one attached hydrogen (secondary N) is 2. The summed E-state index contributed by atoms with van der Waals surface area (Å²) in [5.74, 6) is -0.292. The first-order chi connectivity index (χ1) is 13.5. The number of carbonyl (C=O) groups excluding carboxylic acids is 2. The lowest BCUT2D eigenvalue weighted by atomic mass is 10.2. The van der Waals surface area contributed by atoms with E-state index in [0.717, 1.165) is 36.1 Å². The summed E-state index contributed by atoms with van der Waals surface area (Å²) in [6.07, 6.45) is 3.27. The van der Waals surface area contributed by atoms with Crippen LogP contribution in [-0.2, 0) is 17.9 Å². The minimum Gasteiger partial charge on any atom is -0.334 e. The van der Waals surface area contributed by atoms with E-state index in [9.17, 15) is 14.0 Å². The summed E-state index contributed by atoms with van der Waals surface area (Å²) in [4.78, 5) is 26.2. The zero-order chi connectivity index (χ0) is 19.9. The smallest absolute Gasteiger partial charge is 0.318 e. The summed E-state index contributed by atoms with van der Waals surface area (Å²) in [6, 6.07) is 13.8. The number of nitrogens with zero attached hydrogens (tertiary/aromatic N) is 1. The van der Waals surface area contributed by atoms with E-state index in [2.05, 4.69) is 10.6 Å². The van der Waals surface area contributed by atoms with E-state index in [-0.39, 0.29) is 23.8 Å². The molecule has 0 aromatic heterocycles. The third-order valence-corrected chi connectivity index (χ3v) is 4.65. The molecule has 0 atom stereocenters. The predicted octanol–water partition coefficient (Wildman–Crippen LogP) is 4.44. The van der Waals surface area contributed by atoms with Crippen molar-refractivity contribution in [2.45, 2.75) is 51.7 Å². The van der Waals surface area contributed by atoms with Crippen LogP contribution in [0.2, 0.25) is 0 Å². The highest BCUT2D eigenvalue weighted by Gasteiger charge is 2.32. The molecule has 148 valence electrons. The van der Waals surface area contributed by atoms with Crippen LogP contribution >= 0.6 is 0 Å². The highest BCUT2D eigenvalue weighted by atomic mass is 19.1. The molecule has 3 amide bonds. The lowest BCUT2D eigenvalue weighted by Gasteiger charge is -2.23. The lowest BCUT2D eigenvalue weighted by molar-refractivity contribution is -0.116. The monoisotopic (exact) mass is 383 g/mol. The predicted molar refractivity (Wildman–Crippen MR) is 107 cm³/mol. The molecule has 2 aromatic rings. The Morgan fingerprint density at radius 3 is 2.54 bits per heavy atom. The van der Waals surface area contributed by atoms with Crippen LogP contribution in [0.15, 0.2) is 48.5 Å². The Morgan fingerprint density at radius 2 is 1.86 bits per heavy atom. The molecule has 2 aromatic carbocycles. The largest absolute Gasteiger partial charge is 0.334 e. The fourth-order valence-electron chi connectivity index (χ4n) is 3.03. The summed E-state index contributed by atoms with van der Waals surface area (Å²) >= 11 is 0. The molecule has 3 rings (SSSR count). The van der Waals surface area contributed by atoms with Gasteiger partial charge in [0.1, 0.15) is 5.82 Å². The van der Waals surface area contributed by atoms with Gasteiger partial charge in [0.15, 0.2) is 0 Å². The van der Waals surface area contributed by atoms with Gasteiger partial charge in [0.2, 0.25) is 5.91 Å². The summed E-state index contributed by atoms with van der Waals surface area (Å²) < 4.78 is 13.1. The first-order valence-corrected chi connectivity index (χ1v) is 9.73. The van der Waals surface area contributed by atoms with Crippen LogP contribution in [0.25, 0.3) is 0 Å². The molecule has 0 radical (unpaired) electrons. The van der Waals surface area contributed by atoms with Crippen LogP contribution < -0.4 is 10.6 Å². The molecule has 5 nitrogen and oxygen atoms in total. The second kappa shape index (κ2) is 9.35. The maximum absolute atomic E-state index is 13.1. The zero-order valence-electron chi connectivity index (χ0n) is 16.1. The van der Waals surface area contributed by atoms with E-state index in [0.29, 0.717) is 19.5 Å². The Morgan fingerprint density at radius 1 is 1.11 bits per heavy atom. The Balaban J connectivity index is 1.57. The minimum atomic E-state index is -0.280. The van der Waals surface area contributed by atoms with Crippen molar-refractivity contribution in [3.8, 4) is 0 Å². The highest BCUT2D eigenvalue weighted by molar-refractivity contribution is 5.90. The molecule has 0 spiro atoms. The number of urea groups is 1. The van der Waals surface area contributed by atoms with Gasteiger partial charge in [0, 0.05) is 31.2 Å². The van der Waals surface area contributed by atoms with E-state index >= 15 is 0 Å². The molecule has 1 aliphatic carbocycles. The van der Waals surface area contributed by atoms with E-state index in [1.165, 1.54) is 12.1 Å². The average molecular weight is 383 g/mol. The molecule has 0 heterocycles. The van der Waals surface area contributed by atoms with Gasteiger partial charge in [-0.15, -0.1) is 0 Å². The maximum Gasteiger partial charge on any atom is 0.318 e. The first kappa shape index (κ1) is 19.9. The fourth-order valence-corrected chi connectivity index (χ4v) is 3.03. The Kier molecular flexibility index (Phi) is 6.63. The highest BCUT2D eigenvalue weighted by Crippen LogP contribution is 2.28. The summed E-state index contributed by atoms with van der Waals surface area (Å²) in [6.45, 7) is 2.80. The number of carbonyl (C=O) groups is 2. The van der Waals surface area contributed by atoms with Crippen molar-refractivity contribution < 1.29 is 14.0 Å². The van der Waals surface area contributed by atoms with Gasteiger partial charge in [0.05, 0.1) is 0 Å².